The first-order valence-electron chi connectivity index (χ1n) is 6.66. The molecule has 98 valence electrons. The van der Waals surface area contributed by atoms with Gasteiger partial charge in [0, 0.05) is 11.4 Å². The Kier molecular flexibility index (Phi) is 3.15. The Labute approximate surface area is 117 Å². The van der Waals surface area contributed by atoms with Crippen molar-refractivity contribution in [3.8, 4) is 10.4 Å². The molecule has 0 spiro atoms. The monoisotopic (exact) mass is 271 g/mol. The number of carbonyl (C=O) groups is 1. The van der Waals surface area contributed by atoms with Crippen LogP contribution < -0.4 is 5.32 Å². The van der Waals surface area contributed by atoms with Gasteiger partial charge in [0.1, 0.15) is 0 Å². The summed E-state index contributed by atoms with van der Waals surface area (Å²) in [6, 6.07) is 10.8. The summed E-state index contributed by atoms with van der Waals surface area (Å²) in [7, 11) is 0. The first-order chi connectivity index (χ1) is 9.15. The second-order valence-corrected chi connectivity index (χ2v) is 6.30. The van der Waals surface area contributed by atoms with Gasteiger partial charge in [-0.3, -0.25) is 4.79 Å². The van der Waals surface area contributed by atoms with Crippen molar-refractivity contribution in [1.29, 1.82) is 0 Å². The molecule has 2 aromatic rings. The molecule has 0 aliphatic carbocycles. The third kappa shape index (κ3) is 2.30. The van der Waals surface area contributed by atoms with Crippen molar-refractivity contribution in [2.24, 2.45) is 0 Å². The van der Waals surface area contributed by atoms with E-state index in [1.165, 1.54) is 21.6 Å². The molecule has 1 aliphatic heterocycles. The molecule has 0 saturated heterocycles. The van der Waals surface area contributed by atoms with E-state index in [1.54, 1.807) is 11.3 Å². The molecule has 3 rings (SSSR count). The average Bonchev–Trinajstić information content (AvgIpc) is 2.84. The zero-order chi connectivity index (χ0) is 13.4. The Morgan fingerprint density at radius 2 is 2.11 bits per heavy atom. The van der Waals surface area contributed by atoms with Gasteiger partial charge in [-0.15, -0.1) is 11.3 Å². The molecule has 0 atom stereocenters. The van der Waals surface area contributed by atoms with E-state index >= 15 is 0 Å². The first-order valence-corrected chi connectivity index (χ1v) is 7.48. The fourth-order valence-corrected chi connectivity index (χ4v) is 3.51. The number of thiophene rings is 1. The number of carbonyl (C=O) groups excluding carboxylic acids is 1. The van der Waals surface area contributed by atoms with Gasteiger partial charge in [-0.2, -0.15) is 0 Å². The molecular weight excluding hydrogens is 254 g/mol. The fourth-order valence-electron chi connectivity index (χ4n) is 2.39. The van der Waals surface area contributed by atoms with Crippen LogP contribution in [0.2, 0.25) is 0 Å². The Morgan fingerprint density at radius 1 is 1.26 bits per heavy atom. The number of hydrogen-bond acceptors (Lipinski definition) is 2. The topological polar surface area (TPSA) is 29.1 Å². The number of nitrogens with one attached hydrogen (secondary N) is 1. The average molecular weight is 271 g/mol. The van der Waals surface area contributed by atoms with Gasteiger partial charge in [-0.25, -0.2) is 0 Å². The van der Waals surface area contributed by atoms with E-state index in [0.717, 1.165) is 17.8 Å². The quantitative estimate of drug-likeness (QED) is 0.883. The smallest absolute Gasteiger partial charge is 0.261 e. The summed E-state index contributed by atoms with van der Waals surface area (Å²) in [5, 5.41) is 2.90. The lowest BCUT2D eigenvalue weighted by molar-refractivity contribution is 0.0950. The predicted octanol–water partition coefficient (Wildman–Crippen LogP) is 3.82. The molecule has 3 heteroatoms. The van der Waals surface area contributed by atoms with E-state index in [2.05, 4.69) is 49.5 Å². The van der Waals surface area contributed by atoms with Crippen molar-refractivity contribution in [3.63, 3.8) is 0 Å². The van der Waals surface area contributed by atoms with Crippen LogP contribution in [0.5, 0.6) is 0 Å². The van der Waals surface area contributed by atoms with Crippen molar-refractivity contribution in [2.75, 3.05) is 6.54 Å². The number of fused-ring (bicyclic) bond motifs is 1. The van der Waals surface area contributed by atoms with Crippen molar-refractivity contribution >= 4 is 17.2 Å². The predicted molar refractivity (Wildman–Crippen MR) is 79.9 cm³/mol. The van der Waals surface area contributed by atoms with Gasteiger partial charge >= 0.3 is 0 Å². The molecule has 0 fully saturated rings. The Morgan fingerprint density at radius 3 is 2.84 bits per heavy atom. The molecule has 0 radical (unpaired) electrons. The molecule has 0 saturated carbocycles. The third-order valence-electron chi connectivity index (χ3n) is 3.53. The van der Waals surface area contributed by atoms with Crippen molar-refractivity contribution in [2.45, 2.75) is 26.2 Å². The van der Waals surface area contributed by atoms with Crippen LogP contribution in [0.3, 0.4) is 0 Å². The molecule has 1 aliphatic rings. The molecule has 2 heterocycles. The second-order valence-electron chi connectivity index (χ2n) is 5.25. The Hall–Kier alpha value is -1.61. The van der Waals surface area contributed by atoms with Gasteiger partial charge in [0.2, 0.25) is 0 Å². The van der Waals surface area contributed by atoms with E-state index in [4.69, 9.17) is 0 Å². The highest BCUT2D eigenvalue weighted by Crippen LogP contribution is 2.34. The Balaban J connectivity index is 2.03. The summed E-state index contributed by atoms with van der Waals surface area (Å²) >= 11 is 1.60. The molecular formula is C16H17NOS. The molecule has 0 bridgehead atoms. The van der Waals surface area contributed by atoms with Crippen LogP contribution in [0, 0.1) is 0 Å². The van der Waals surface area contributed by atoms with Crippen LogP contribution in [0.1, 0.15) is 40.6 Å². The molecule has 2 nitrogen and oxygen atoms in total. The van der Waals surface area contributed by atoms with Gasteiger partial charge in [-0.05, 0) is 35.1 Å². The lowest BCUT2D eigenvalue weighted by Gasteiger charge is -2.10. The minimum Gasteiger partial charge on any atom is -0.351 e. The van der Waals surface area contributed by atoms with Gasteiger partial charge in [0.25, 0.3) is 5.91 Å². The van der Waals surface area contributed by atoms with Gasteiger partial charge in [0.05, 0.1) is 4.88 Å². The Bertz CT molecular complexity index is 627. The van der Waals surface area contributed by atoms with Crippen LogP contribution in [0.15, 0.2) is 30.3 Å². The van der Waals surface area contributed by atoms with E-state index in [-0.39, 0.29) is 5.91 Å². The fraction of sp³-hybridized carbons (Fsp3) is 0.312. The SMILES string of the molecule is CC(C)c1cccc(-c2cc3c(s2)C(=O)NCC3)c1. The minimum absolute atomic E-state index is 0.0810. The molecule has 0 unspecified atom stereocenters. The highest BCUT2D eigenvalue weighted by molar-refractivity contribution is 7.17. The zero-order valence-electron chi connectivity index (χ0n) is 11.2. The molecule has 1 amide bonds. The maximum absolute atomic E-state index is 11.8. The normalized spacial score (nSPS) is 14.4. The van der Waals surface area contributed by atoms with E-state index in [0.29, 0.717) is 5.92 Å². The largest absolute Gasteiger partial charge is 0.351 e. The summed E-state index contributed by atoms with van der Waals surface area (Å²) in [6.07, 6.45) is 0.946. The van der Waals surface area contributed by atoms with E-state index < -0.39 is 0 Å². The standard InChI is InChI=1S/C16H17NOS/c1-10(2)11-4-3-5-12(8-11)14-9-13-6-7-17-16(18)15(13)19-14/h3-5,8-10H,6-7H2,1-2H3,(H,17,18). The van der Waals surface area contributed by atoms with Crippen molar-refractivity contribution in [3.05, 3.63) is 46.3 Å². The molecule has 1 aromatic heterocycles. The van der Waals surface area contributed by atoms with Crippen LogP contribution >= 0.6 is 11.3 Å². The lowest BCUT2D eigenvalue weighted by Crippen LogP contribution is -2.30. The zero-order valence-corrected chi connectivity index (χ0v) is 12.0. The summed E-state index contributed by atoms with van der Waals surface area (Å²) in [6.45, 7) is 5.16. The van der Waals surface area contributed by atoms with Gasteiger partial charge in [-0.1, -0.05) is 38.1 Å². The molecule has 1 N–H and O–H groups in total. The third-order valence-corrected chi connectivity index (χ3v) is 4.76. The number of hydrogen-bond donors (Lipinski definition) is 1. The summed E-state index contributed by atoms with van der Waals surface area (Å²) in [4.78, 5) is 13.9. The van der Waals surface area contributed by atoms with E-state index in [1.807, 2.05) is 0 Å². The van der Waals surface area contributed by atoms with Crippen molar-refractivity contribution in [1.82, 2.24) is 5.32 Å². The van der Waals surface area contributed by atoms with E-state index in [9.17, 15) is 4.79 Å². The summed E-state index contributed by atoms with van der Waals surface area (Å²) < 4.78 is 0. The maximum atomic E-state index is 11.8. The van der Waals surface area contributed by atoms with Crippen molar-refractivity contribution < 1.29 is 4.79 Å². The number of rotatable bonds is 2. The highest BCUT2D eigenvalue weighted by Gasteiger charge is 2.20. The summed E-state index contributed by atoms with van der Waals surface area (Å²) in [5.74, 6) is 0.607. The number of amides is 1. The lowest BCUT2D eigenvalue weighted by atomic mass is 10.00. The molecule has 1 aromatic carbocycles. The highest BCUT2D eigenvalue weighted by atomic mass is 32.1. The van der Waals surface area contributed by atoms with Crippen LogP contribution in [0.4, 0.5) is 0 Å². The van der Waals surface area contributed by atoms with Crippen LogP contribution in [-0.4, -0.2) is 12.5 Å². The van der Waals surface area contributed by atoms with Crippen LogP contribution in [0.25, 0.3) is 10.4 Å². The van der Waals surface area contributed by atoms with Crippen LogP contribution in [-0.2, 0) is 6.42 Å². The van der Waals surface area contributed by atoms with Gasteiger partial charge < -0.3 is 5.32 Å². The summed E-state index contributed by atoms with van der Waals surface area (Å²) in [5.41, 5.74) is 3.76. The minimum atomic E-state index is 0.0810. The maximum Gasteiger partial charge on any atom is 0.261 e. The second kappa shape index (κ2) is 4.82. The molecule has 19 heavy (non-hydrogen) atoms. The first kappa shape index (κ1) is 12.4. The number of benzene rings is 1. The van der Waals surface area contributed by atoms with Gasteiger partial charge in [0.15, 0.2) is 0 Å².